The highest BCUT2D eigenvalue weighted by molar-refractivity contribution is 5.99. The minimum atomic E-state index is -1.34. The van der Waals surface area contributed by atoms with Gasteiger partial charge in [0.15, 0.2) is 0 Å². The Morgan fingerprint density at radius 2 is 1.72 bits per heavy atom. The lowest BCUT2D eigenvalue weighted by Gasteiger charge is -2.35. The average Bonchev–Trinajstić information content (AvgIpc) is 3.44. The van der Waals surface area contributed by atoms with Gasteiger partial charge in [0.1, 0.15) is 23.7 Å². The van der Waals surface area contributed by atoms with Crippen molar-refractivity contribution in [3.8, 4) is 0 Å². The van der Waals surface area contributed by atoms with E-state index in [-0.39, 0.29) is 30.7 Å². The Hall–Kier alpha value is -3.50. The molecule has 5 rings (SSSR count). The average molecular weight is 636 g/mol. The van der Waals surface area contributed by atoms with Gasteiger partial charge in [0.2, 0.25) is 17.7 Å². The van der Waals surface area contributed by atoms with Crippen LogP contribution in [-0.2, 0) is 28.7 Å². The number of rotatable bonds is 10. The topological polar surface area (TPSA) is 117 Å². The van der Waals surface area contributed by atoms with E-state index in [0.29, 0.717) is 45.3 Å². The van der Waals surface area contributed by atoms with Crippen LogP contribution in [0.2, 0.25) is 0 Å². The monoisotopic (exact) mass is 635 g/mol. The number of nitrogens with zero attached hydrogens (tertiary/aromatic N) is 3. The lowest BCUT2D eigenvalue weighted by molar-refractivity contribution is -0.164. The molecule has 1 aromatic carbocycles. The number of esters is 1. The lowest BCUT2D eigenvalue weighted by atomic mass is 9.77. The fraction of sp³-hybridized carbons (Fsp3) is 0.611. The number of carbonyl (C=O) groups excluding carboxylic acids is 4. The summed E-state index contributed by atoms with van der Waals surface area (Å²) in [6, 6.07) is 7.95. The van der Waals surface area contributed by atoms with Crippen LogP contribution < -0.4 is 0 Å². The first-order valence-electron chi connectivity index (χ1n) is 17.0. The summed E-state index contributed by atoms with van der Waals surface area (Å²) in [6.07, 6.45) is 11.3. The number of aliphatic hydroxyl groups excluding tert-OH is 1. The number of aliphatic hydroxyl groups is 1. The maximum absolute atomic E-state index is 14.5. The van der Waals surface area contributed by atoms with Gasteiger partial charge >= 0.3 is 5.97 Å². The zero-order valence-corrected chi connectivity index (χ0v) is 27.4. The highest BCUT2D eigenvalue weighted by atomic mass is 16.6. The van der Waals surface area contributed by atoms with Gasteiger partial charge in [-0.05, 0) is 44.6 Å². The predicted molar refractivity (Wildman–Crippen MR) is 172 cm³/mol. The number of fused-ring (bicyclic) bond motifs is 2. The molecule has 46 heavy (non-hydrogen) atoms. The molecule has 0 unspecified atom stereocenters. The summed E-state index contributed by atoms with van der Waals surface area (Å²) in [5, 5.41) is 9.34. The van der Waals surface area contributed by atoms with Gasteiger partial charge in [-0.3, -0.25) is 19.2 Å². The molecule has 2 saturated heterocycles. The van der Waals surface area contributed by atoms with Gasteiger partial charge in [0.25, 0.3) is 0 Å². The largest absolute Gasteiger partial charge is 0.455 e. The molecule has 0 aliphatic carbocycles. The maximum Gasteiger partial charge on any atom is 0.313 e. The van der Waals surface area contributed by atoms with Crippen molar-refractivity contribution in [3.63, 3.8) is 0 Å². The molecule has 0 saturated carbocycles. The Kier molecular flexibility index (Phi) is 11.0. The quantitative estimate of drug-likeness (QED) is 0.236. The molecule has 7 atom stereocenters. The van der Waals surface area contributed by atoms with Crippen molar-refractivity contribution < 1.29 is 33.8 Å². The Morgan fingerprint density at radius 1 is 0.957 bits per heavy atom. The van der Waals surface area contributed by atoms with Crippen LogP contribution in [0.15, 0.2) is 54.6 Å². The number of likely N-dealkylation sites (N-methyl/N-ethyl adjacent to an activating group) is 1. The van der Waals surface area contributed by atoms with Crippen molar-refractivity contribution in [3.05, 3.63) is 60.2 Å². The Bertz CT molecular complexity index is 1320. The summed E-state index contributed by atoms with van der Waals surface area (Å²) < 4.78 is 13.1. The number of likely N-dealkylation sites (tertiary alicyclic amines) is 1. The number of unbranched alkanes of at least 4 members (excludes halogenated alkanes) is 4. The summed E-state index contributed by atoms with van der Waals surface area (Å²) in [7, 11) is 1.72. The Labute approximate surface area is 272 Å². The molecule has 0 radical (unpaired) electrons. The van der Waals surface area contributed by atoms with Crippen LogP contribution in [0.25, 0.3) is 0 Å². The van der Waals surface area contributed by atoms with E-state index in [2.05, 4.69) is 6.92 Å². The fourth-order valence-electron chi connectivity index (χ4n) is 7.50. The number of amides is 3. The summed E-state index contributed by atoms with van der Waals surface area (Å²) in [6.45, 7) is 5.34. The molecule has 1 aromatic rings. The molecule has 250 valence electrons. The third kappa shape index (κ3) is 6.51. The molecular formula is C36H49N3O7. The number of hydrogen-bond donors (Lipinski definition) is 1. The number of carbonyl (C=O) groups is 4. The Morgan fingerprint density at radius 3 is 2.46 bits per heavy atom. The van der Waals surface area contributed by atoms with E-state index >= 15 is 0 Å². The minimum Gasteiger partial charge on any atom is -0.455 e. The lowest BCUT2D eigenvalue weighted by Crippen LogP contribution is -2.55. The number of benzene rings is 1. The van der Waals surface area contributed by atoms with Crippen molar-refractivity contribution in [1.82, 2.24) is 14.7 Å². The van der Waals surface area contributed by atoms with Gasteiger partial charge in [-0.2, -0.15) is 0 Å². The zero-order valence-electron chi connectivity index (χ0n) is 27.4. The van der Waals surface area contributed by atoms with Crippen LogP contribution in [-0.4, -0.2) is 101 Å². The van der Waals surface area contributed by atoms with Gasteiger partial charge in [0, 0.05) is 39.7 Å². The summed E-state index contributed by atoms with van der Waals surface area (Å²) in [5.74, 6) is -3.06. The molecule has 0 bridgehead atoms. The van der Waals surface area contributed by atoms with Crippen molar-refractivity contribution in [2.45, 2.75) is 95.1 Å². The zero-order chi connectivity index (χ0) is 32.8. The maximum atomic E-state index is 14.5. The number of allylic oxidation sites excluding steroid dienone is 1. The first-order chi connectivity index (χ1) is 22.2. The van der Waals surface area contributed by atoms with E-state index in [1.807, 2.05) is 55.5 Å². The molecule has 1 spiro atoms. The van der Waals surface area contributed by atoms with Crippen LogP contribution in [0.5, 0.6) is 0 Å². The van der Waals surface area contributed by atoms with Gasteiger partial charge in [-0.1, -0.05) is 74.4 Å². The highest BCUT2D eigenvalue weighted by Gasteiger charge is 2.71. The molecule has 1 N–H and O–H groups in total. The molecule has 4 heterocycles. The van der Waals surface area contributed by atoms with E-state index in [1.165, 1.54) is 0 Å². The predicted octanol–water partition coefficient (Wildman–Crippen LogP) is 3.80. The molecule has 10 nitrogen and oxygen atoms in total. The van der Waals surface area contributed by atoms with Gasteiger partial charge in [0.05, 0.1) is 18.1 Å². The van der Waals surface area contributed by atoms with Crippen LogP contribution in [0.4, 0.5) is 0 Å². The molecule has 10 heteroatoms. The third-order valence-corrected chi connectivity index (χ3v) is 10.1. The normalized spacial score (nSPS) is 32.3. The van der Waals surface area contributed by atoms with Crippen LogP contribution in [0.1, 0.15) is 76.9 Å². The summed E-state index contributed by atoms with van der Waals surface area (Å²) >= 11 is 0. The molecule has 4 aliphatic heterocycles. The molecule has 4 aliphatic rings. The minimum absolute atomic E-state index is 0.0592. The number of cyclic esters (lactones) is 1. The molecule has 3 amide bonds. The number of hydrogen-bond acceptors (Lipinski definition) is 7. The van der Waals surface area contributed by atoms with Crippen molar-refractivity contribution in [2.75, 3.05) is 33.3 Å². The van der Waals surface area contributed by atoms with Crippen LogP contribution in [0.3, 0.4) is 0 Å². The fourth-order valence-corrected chi connectivity index (χ4v) is 7.50. The first-order valence-corrected chi connectivity index (χ1v) is 17.0. The second kappa shape index (κ2) is 14.9. The third-order valence-electron chi connectivity index (χ3n) is 10.1. The van der Waals surface area contributed by atoms with Crippen molar-refractivity contribution in [1.29, 1.82) is 0 Å². The van der Waals surface area contributed by atoms with E-state index in [4.69, 9.17) is 9.47 Å². The molecule has 2 fully saturated rings. The van der Waals surface area contributed by atoms with Gasteiger partial charge in [-0.25, -0.2) is 0 Å². The van der Waals surface area contributed by atoms with Crippen LogP contribution >= 0.6 is 0 Å². The standard InChI is InChI=1S/C36H49N3O7/c1-4-5-12-21-38-22-15-20-36-30(33(42)39(32(36)34(38)43)23-13-7-14-24-40)29-27(46-36)18-10-11-19-28(41)37(3)25(2)31(45-35(29)44)26-16-8-6-9-17-26/h6,8-10,15-18,20,25,27,29-32,40H,4-5,7,11-14,19,21-24H2,1-3H3/b18-10-/t25-,27-,29+,30+,31+,32-,36+/m0/s1. The van der Waals surface area contributed by atoms with Crippen molar-refractivity contribution >= 4 is 23.7 Å². The smallest absolute Gasteiger partial charge is 0.313 e. The second-order valence-electron chi connectivity index (χ2n) is 13.0. The summed E-state index contributed by atoms with van der Waals surface area (Å²) in [4.78, 5) is 61.5. The first kappa shape index (κ1) is 33.9. The molecule has 0 aromatic heterocycles. The van der Waals surface area contributed by atoms with Crippen molar-refractivity contribution in [2.24, 2.45) is 11.8 Å². The van der Waals surface area contributed by atoms with Gasteiger partial charge < -0.3 is 29.3 Å². The van der Waals surface area contributed by atoms with E-state index in [9.17, 15) is 24.3 Å². The van der Waals surface area contributed by atoms with E-state index in [0.717, 1.165) is 24.8 Å². The van der Waals surface area contributed by atoms with E-state index < -0.39 is 47.7 Å². The van der Waals surface area contributed by atoms with Crippen LogP contribution in [0, 0.1) is 11.8 Å². The van der Waals surface area contributed by atoms with Gasteiger partial charge in [-0.15, -0.1) is 0 Å². The Balaban J connectivity index is 1.55. The highest BCUT2D eigenvalue weighted by Crippen LogP contribution is 2.53. The molecular weight excluding hydrogens is 586 g/mol. The summed E-state index contributed by atoms with van der Waals surface area (Å²) in [5.41, 5.74) is -0.599. The number of ether oxygens (including phenoxy) is 2. The second-order valence-corrected chi connectivity index (χ2v) is 13.0. The SMILES string of the molecule is CCCCCN1CC=C[C@@]23O[C@H]4/C=C\CCC(=O)N(C)[C@@H](C)[C@H](c5ccccc5)OC(=O)[C@H]4[C@@H]2C(=O)N(CCCCCO)[C@H]3C1=O. The van der Waals surface area contributed by atoms with E-state index in [1.54, 1.807) is 27.8 Å².